The Kier molecular flexibility index (Phi) is 3.81. The summed E-state index contributed by atoms with van der Waals surface area (Å²) in [7, 11) is 1.58. The average molecular weight is 322 g/mol. The molecule has 1 aliphatic heterocycles. The monoisotopic (exact) mass is 321 g/mol. The molecule has 0 bridgehead atoms. The number of fused-ring (bicyclic) bond motifs is 1. The smallest absolute Gasteiger partial charge is 0.144 e. The van der Waals surface area contributed by atoms with Crippen LogP contribution in [0.2, 0.25) is 10.0 Å². The summed E-state index contributed by atoms with van der Waals surface area (Å²) in [6.45, 7) is 0. The normalized spacial score (nSPS) is 16.3. The Morgan fingerprint density at radius 1 is 1.19 bits per heavy atom. The molecule has 0 radical (unpaired) electrons. The predicted octanol–water partition coefficient (Wildman–Crippen LogP) is 4.43. The summed E-state index contributed by atoms with van der Waals surface area (Å²) in [5, 5.41) is 13.9. The molecule has 0 fully saturated rings. The summed E-state index contributed by atoms with van der Waals surface area (Å²) in [5.74, 6) is 0.628. The third-order valence-electron chi connectivity index (χ3n) is 3.38. The molecule has 1 heterocycles. The van der Waals surface area contributed by atoms with E-state index in [2.05, 4.69) is 5.32 Å². The number of methoxy groups -OCH3 is 1. The number of hydrogen-bond acceptors (Lipinski definition) is 3. The Labute approximate surface area is 132 Å². The maximum Gasteiger partial charge on any atom is 0.144 e. The van der Waals surface area contributed by atoms with Gasteiger partial charge in [0.1, 0.15) is 12.0 Å². The van der Waals surface area contributed by atoms with Gasteiger partial charge in [0.15, 0.2) is 0 Å². The first-order valence-corrected chi connectivity index (χ1v) is 7.15. The molecule has 0 saturated heterocycles. The maximum atomic E-state index is 9.67. The summed E-state index contributed by atoms with van der Waals surface area (Å²) in [6, 6.07) is 9.30. The summed E-state index contributed by atoms with van der Waals surface area (Å²) in [4.78, 5) is 0. The summed E-state index contributed by atoms with van der Waals surface area (Å²) >= 11 is 12.4. The Hall–Kier alpha value is -1.68. The largest absolute Gasteiger partial charge is 0.495 e. The van der Waals surface area contributed by atoms with Gasteiger partial charge in [0.25, 0.3) is 0 Å². The van der Waals surface area contributed by atoms with Crippen LogP contribution >= 0.6 is 23.2 Å². The lowest BCUT2D eigenvalue weighted by molar-refractivity contribution is 0.251. The maximum absolute atomic E-state index is 9.67. The van der Waals surface area contributed by atoms with Gasteiger partial charge in [-0.15, -0.1) is 0 Å². The molecule has 1 aliphatic rings. The first-order chi connectivity index (χ1) is 10.1. The molecular formula is C16H13Cl2NO2. The van der Waals surface area contributed by atoms with Crippen molar-refractivity contribution in [2.24, 2.45) is 0 Å². The van der Waals surface area contributed by atoms with Crippen LogP contribution in [0.5, 0.6) is 5.75 Å². The summed E-state index contributed by atoms with van der Waals surface area (Å²) in [6.07, 6.45) is 2.68. The van der Waals surface area contributed by atoms with E-state index in [-0.39, 0.29) is 0 Å². The Balaban J connectivity index is 2.20. The molecule has 0 aliphatic carbocycles. The van der Waals surface area contributed by atoms with Gasteiger partial charge < -0.3 is 15.2 Å². The van der Waals surface area contributed by atoms with Crippen LogP contribution in [0.4, 0.5) is 5.69 Å². The molecule has 2 N–H and O–H groups in total. The topological polar surface area (TPSA) is 41.5 Å². The predicted molar refractivity (Wildman–Crippen MR) is 87.1 cm³/mol. The van der Waals surface area contributed by atoms with Crippen LogP contribution in [0.25, 0.3) is 17.2 Å². The van der Waals surface area contributed by atoms with Gasteiger partial charge in [-0.3, -0.25) is 0 Å². The van der Waals surface area contributed by atoms with E-state index in [9.17, 15) is 5.11 Å². The van der Waals surface area contributed by atoms with Crippen molar-refractivity contribution in [3.8, 4) is 16.9 Å². The Morgan fingerprint density at radius 2 is 1.90 bits per heavy atom. The number of hydrogen-bond donors (Lipinski definition) is 2. The number of rotatable bonds is 2. The van der Waals surface area contributed by atoms with E-state index >= 15 is 0 Å². The number of aliphatic hydroxyl groups excluding tert-OH is 1. The standard InChI is InChI=1S/C16H13Cl2NO2/c1-21-13-8-12(9-2-4-10(17)5-3-9)15(18)11-6-7-14(20)19-16(11)13/h2-8,14,19-20H,1H3. The molecule has 2 aromatic rings. The molecular weight excluding hydrogens is 309 g/mol. The van der Waals surface area contributed by atoms with Crippen molar-refractivity contribution < 1.29 is 9.84 Å². The van der Waals surface area contributed by atoms with Crippen molar-refractivity contribution in [2.45, 2.75) is 6.23 Å². The fourth-order valence-electron chi connectivity index (χ4n) is 2.34. The first kappa shape index (κ1) is 14.3. The average Bonchev–Trinajstić information content (AvgIpc) is 2.49. The van der Waals surface area contributed by atoms with E-state index < -0.39 is 6.23 Å². The lowest BCUT2D eigenvalue weighted by Crippen LogP contribution is -2.19. The third-order valence-corrected chi connectivity index (χ3v) is 4.04. The second-order valence-electron chi connectivity index (χ2n) is 4.68. The van der Waals surface area contributed by atoms with E-state index in [1.807, 2.05) is 30.3 Å². The minimum Gasteiger partial charge on any atom is -0.495 e. The van der Waals surface area contributed by atoms with Crippen molar-refractivity contribution in [2.75, 3.05) is 12.4 Å². The van der Waals surface area contributed by atoms with Crippen LogP contribution < -0.4 is 10.1 Å². The van der Waals surface area contributed by atoms with Crippen LogP contribution in [-0.4, -0.2) is 18.4 Å². The minimum atomic E-state index is -0.746. The molecule has 3 rings (SSSR count). The molecule has 5 heteroatoms. The van der Waals surface area contributed by atoms with E-state index in [0.717, 1.165) is 16.7 Å². The number of anilines is 1. The van der Waals surface area contributed by atoms with Crippen LogP contribution in [0.15, 0.2) is 36.4 Å². The van der Waals surface area contributed by atoms with Gasteiger partial charge in [-0.25, -0.2) is 0 Å². The molecule has 108 valence electrons. The van der Waals surface area contributed by atoms with Crippen LogP contribution in [0, 0.1) is 0 Å². The van der Waals surface area contributed by atoms with Crippen molar-refractivity contribution in [3.63, 3.8) is 0 Å². The molecule has 0 aromatic heterocycles. The summed E-state index contributed by atoms with van der Waals surface area (Å²) in [5.41, 5.74) is 3.29. The van der Waals surface area contributed by atoms with Crippen molar-refractivity contribution in [3.05, 3.63) is 52.0 Å². The van der Waals surface area contributed by atoms with Gasteiger partial charge in [-0.2, -0.15) is 0 Å². The zero-order valence-corrected chi connectivity index (χ0v) is 12.7. The second kappa shape index (κ2) is 5.60. The highest BCUT2D eigenvalue weighted by molar-refractivity contribution is 6.35. The van der Waals surface area contributed by atoms with Gasteiger partial charge in [-0.05, 0) is 29.8 Å². The molecule has 0 amide bonds. The highest BCUT2D eigenvalue weighted by Crippen LogP contribution is 2.43. The molecule has 2 aromatic carbocycles. The lowest BCUT2D eigenvalue weighted by atomic mass is 9.99. The van der Waals surface area contributed by atoms with Gasteiger partial charge in [0, 0.05) is 16.1 Å². The molecule has 1 unspecified atom stereocenters. The number of aliphatic hydroxyl groups is 1. The van der Waals surface area contributed by atoms with Gasteiger partial charge in [-0.1, -0.05) is 41.4 Å². The minimum absolute atomic E-state index is 0.601. The van der Waals surface area contributed by atoms with E-state index in [0.29, 0.717) is 21.5 Å². The van der Waals surface area contributed by atoms with Gasteiger partial charge >= 0.3 is 0 Å². The fourth-order valence-corrected chi connectivity index (χ4v) is 2.79. The zero-order valence-electron chi connectivity index (χ0n) is 11.2. The van der Waals surface area contributed by atoms with Crippen LogP contribution in [0.3, 0.4) is 0 Å². The molecule has 0 spiro atoms. The van der Waals surface area contributed by atoms with E-state index in [4.69, 9.17) is 27.9 Å². The number of nitrogens with one attached hydrogen (secondary N) is 1. The molecule has 3 nitrogen and oxygen atoms in total. The lowest BCUT2D eigenvalue weighted by Gasteiger charge is -2.23. The SMILES string of the molecule is COc1cc(-c2ccc(Cl)cc2)c(Cl)c2c1NC(O)C=C2. The van der Waals surface area contributed by atoms with Crippen LogP contribution in [0.1, 0.15) is 5.56 Å². The van der Waals surface area contributed by atoms with Gasteiger partial charge in [0.2, 0.25) is 0 Å². The van der Waals surface area contributed by atoms with Gasteiger partial charge in [0.05, 0.1) is 17.8 Å². The Morgan fingerprint density at radius 3 is 2.57 bits per heavy atom. The highest BCUT2D eigenvalue weighted by atomic mass is 35.5. The number of ether oxygens (including phenoxy) is 1. The van der Waals surface area contributed by atoms with Crippen molar-refractivity contribution in [1.82, 2.24) is 0 Å². The quantitative estimate of drug-likeness (QED) is 0.860. The van der Waals surface area contributed by atoms with Crippen molar-refractivity contribution in [1.29, 1.82) is 0 Å². The molecule has 0 saturated carbocycles. The van der Waals surface area contributed by atoms with E-state index in [1.165, 1.54) is 0 Å². The Bertz CT molecular complexity index is 711. The second-order valence-corrected chi connectivity index (χ2v) is 5.50. The fraction of sp³-hybridized carbons (Fsp3) is 0.125. The van der Waals surface area contributed by atoms with Crippen LogP contribution in [-0.2, 0) is 0 Å². The molecule has 21 heavy (non-hydrogen) atoms. The first-order valence-electron chi connectivity index (χ1n) is 6.39. The highest BCUT2D eigenvalue weighted by Gasteiger charge is 2.21. The molecule has 1 atom stereocenters. The number of benzene rings is 2. The number of halogens is 2. The zero-order chi connectivity index (χ0) is 15.0. The van der Waals surface area contributed by atoms with Crippen molar-refractivity contribution >= 4 is 35.0 Å². The van der Waals surface area contributed by atoms with E-state index in [1.54, 1.807) is 19.3 Å². The third kappa shape index (κ3) is 2.60. The summed E-state index contributed by atoms with van der Waals surface area (Å²) < 4.78 is 5.41.